The third-order valence-corrected chi connectivity index (χ3v) is 5.03. The van der Waals surface area contributed by atoms with Crippen molar-refractivity contribution in [1.82, 2.24) is 19.8 Å². The number of benzene rings is 2. The first-order valence-corrected chi connectivity index (χ1v) is 9.04. The molecule has 0 radical (unpaired) electrons. The molecule has 0 bridgehead atoms. The van der Waals surface area contributed by atoms with Crippen LogP contribution in [0, 0.1) is 0 Å². The van der Waals surface area contributed by atoms with Crippen molar-refractivity contribution in [2.45, 2.75) is 19.4 Å². The minimum atomic E-state index is -0.371. The van der Waals surface area contributed by atoms with Gasteiger partial charge in [-0.25, -0.2) is 4.79 Å². The van der Waals surface area contributed by atoms with Gasteiger partial charge in [-0.15, -0.1) is 0 Å². The molecule has 1 aliphatic rings. The molecule has 0 N–H and O–H groups in total. The number of rotatable bonds is 4. The van der Waals surface area contributed by atoms with Crippen LogP contribution >= 0.6 is 23.2 Å². The molecule has 0 amide bonds. The minimum Gasteiger partial charge on any atom is -0.391 e. The second-order valence-electron chi connectivity index (χ2n) is 6.15. The van der Waals surface area contributed by atoms with E-state index < -0.39 is 0 Å². The van der Waals surface area contributed by atoms with E-state index in [1.165, 1.54) is 17.3 Å². The fourth-order valence-corrected chi connectivity index (χ4v) is 3.44. The summed E-state index contributed by atoms with van der Waals surface area (Å²) in [5.74, 6) is 0. The van der Waals surface area contributed by atoms with Crippen LogP contribution in [-0.2, 0) is 24.9 Å². The SMILES string of the molecule is Cn1nnn(-c2cccc(Cl)c2CON=C2CCc3ccc(Cl)cc32)c1=O. The van der Waals surface area contributed by atoms with Gasteiger partial charge in [0.2, 0.25) is 0 Å². The molecular weight excluding hydrogens is 389 g/mol. The molecule has 138 valence electrons. The summed E-state index contributed by atoms with van der Waals surface area (Å²) < 4.78 is 2.33. The fraction of sp³-hybridized carbons (Fsp3) is 0.222. The van der Waals surface area contributed by atoms with Gasteiger partial charge in [-0.3, -0.25) is 0 Å². The molecule has 7 nitrogen and oxygen atoms in total. The predicted molar refractivity (Wildman–Crippen MR) is 103 cm³/mol. The van der Waals surface area contributed by atoms with Crippen LogP contribution in [0.3, 0.4) is 0 Å². The van der Waals surface area contributed by atoms with Crippen LogP contribution in [0.15, 0.2) is 46.3 Å². The number of halogens is 2. The molecule has 0 saturated carbocycles. The van der Waals surface area contributed by atoms with Crippen LogP contribution in [0.5, 0.6) is 0 Å². The number of aromatic nitrogens is 4. The van der Waals surface area contributed by atoms with Crippen LogP contribution in [-0.4, -0.2) is 25.5 Å². The highest BCUT2D eigenvalue weighted by molar-refractivity contribution is 6.31. The van der Waals surface area contributed by atoms with Crippen LogP contribution < -0.4 is 5.69 Å². The average molecular weight is 404 g/mol. The van der Waals surface area contributed by atoms with E-state index in [2.05, 4.69) is 15.6 Å². The lowest BCUT2D eigenvalue weighted by atomic mass is 10.1. The third kappa shape index (κ3) is 3.36. The standard InChI is InChI=1S/C18H15Cl2N5O2/c1-24-18(26)25(23-22-24)17-4-2-3-15(20)14(17)10-27-21-16-8-6-11-5-7-12(19)9-13(11)16/h2-5,7,9H,6,8,10H2,1H3. The maximum Gasteiger partial charge on any atom is 0.368 e. The van der Waals surface area contributed by atoms with Gasteiger partial charge in [-0.2, -0.15) is 9.36 Å². The number of oxime groups is 1. The summed E-state index contributed by atoms with van der Waals surface area (Å²) in [5.41, 5.74) is 3.80. The molecular formula is C18H15Cl2N5O2. The summed E-state index contributed by atoms with van der Waals surface area (Å²) in [6, 6.07) is 11.0. The van der Waals surface area contributed by atoms with E-state index in [9.17, 15) is 4.79 Å². The van der Waals surface area contributed by atoms with Gasteiger partial charge in [-0.1, -0.05) is 40.5 Å². The summed E-state index contributed by atoms with van der Waals surface area (Å²) in [4.78, 5) is 17.7. The Labute approximate surface area is 164 Å². The van der Waals surface area contributed by atoms with Gasteiger partial charge in [0.1, 0.15) is 6.61 Å². The smallest absolute Gasteiger partial charge is 0.368 e. The molecule has 2 aromatic carbocycles. The monoisotopic (exact) mass is 403 g/mol. The van der Waals surface area contributed by atoms with Crippen molar-refractivity contribution in [3.8, 4) is 5.69 Å². The minimum absolute atomic E-state index is 0.0947. The molecule has 3 aromatic rings. The number of aryl methyl sites for hydroxylation is 2. The summed E-state index contributed by atoms with van der Waals surface area (Å²) >= 11 is 12.4. The highest BCUT2D eigenvalue weighted by Gasteiger charge is 2.19. The first-order chi connectivity index (χ1) is 13.0. The lowest BCUT2D eigenvalue weighted by Gasteiger charge is -2.09. The van der Waals surface area contributed by atoms with Crippen molar-refractivity contribution in [2.75, 3.05) is 0 Å². The van der Waals surface area contributed by atoms with E-state index in [1.54, 1.807) is 18.2 Å². The lowest BCUT2D eigenvalue weighted by Crippen LogP contribution is -2.23. The Morgan fingerprint density at radius 1 is 1.19 bits per heavy atom. The van der Waals surface area contributed by atoms with Gasteiger partial charge in [0, 0.05) is 28.2 Å². The van der Waals surface area contributed by atoms with Crippen molar-refractivity contribution < 1.29 is 4.84 Å². The van der Waals surface area contributed by atoms with E-state index in [0.29, 0.717) is 21.3 Å². The molecule has 0 unspecified atom stereocenters. The second-order valence-corrected chi connectivity index (χ2v) is 6.99. The van der Waals surface area contributed by atoms with Gasteiger partial charge in [0.15, 0.2) is 0 Å². The van der Waals surface area contributed by atoms with Crippen molar-refractivity contribution in [3.63, 3.8) is 0 Å². The lowest BCUT2D eigenvalue weighted by molar-refractivity contribution is 0.130. The van der Waals surface area contributed by atoms with E-state index >= 15 is 0 Å². The molecule has 27 heavy (non-hydrogen) atoms. The van der Waals surface area contributed by atoms with E-state index in [0.717, 1.165) is 28.8 Å². The maximum absolute atomic E-state index is 12.2. The number of hydrogen-bond donors (Lipinski definition) is 0. The molecule has 0 fully saturated rings. The Kier molecular flexibility index (Phi) is 4.72. The topological polar surface area (TPSA) is 74.3 Å². The summed E-state index contributed by atoms with van der Waals surface area (Å²) in [6.45, 7) is 0.0947. The van der Waals surface area contributed by atoms with Gasteiger partial charge < -0.3 is 4.84 Å². The second kappa shape index (κ2) is 7.17. The molecule has 0 saturated heterocycles. The first-order valence-electron chi connectivity index (χ1n) is 8.29. The zero-order valence-corrected chi connectivity index (χ0v) is 15.9. The van der Waals surface area contributed by atoms with E-state index in [4.69, 9.17) is 28.0 Å². The first kappa shape index (κ1) is 17.8. The molecule has 1 aliphatic carbocycles. The van der Waals surface area contributed by atoms with Crippen LogP contribution in [0.4, 0.5) is 0 Å². The summed E-state index contributed by atoms with van der Waals surface area (Å²) in [7, 11) is 1.53. The Bertz CT molecular complexity index is 1100. The molecule has 1 aromatic heterocycles. The molecule has 0 atom stereocenters. The van der Waals surface area contributed by atoms with Crippen LogP contribution in [0.2, 0.25) is 10.0 Å². The average Bonchev–Trinajstić information content (AvgIpc) is 3.20. The molecule has 0 aliphatic heterocycles. The highest BCUT2D eigenvalue weighted by atomic mass is 35.5. The Morgan fingerprint density at radius 3 is 2.81 bits per heavy atom. The van der Waals surface area contributed by atoms with Gasteiger partial charge in [0.25, 0.3) is 0 Å². The van der Waals surface area contributed by atoms with Crippen molar-refractivity contribution in [3.05, 3.63) is 73.6 Å². The van der Waals surface area contributed by atoms with Crippen molar-refractivity contribution >= 4 is 28.9 Å². The predicted octanol–water partition coefficient (Wildman–Crippen LogP) is 3.14. The fourth-order valence-electron chi connectivity index (χ4n) is 3.05. The molecule has 1 heterocycles. The number of hydrogen-bond acceptors (Lipinski definition) is 5. The zero-order valence-electron chi connectivity index (χ0n) is 14.4. The van der Waals surface area contributed by atoms with Crippen molar-refractivity contribution in [2.24, 2.45) is 12.2 Å². The normalized spacial score (nSPS) is 14.6. The molecule has 9 heteroatoms. The highest BCUT2D eigenvalue weighted by Crippen LogP contribution is 2.27. The van der Waals surface area contributed by atoms with E-state index in [-0.39, 0.29) is 12.3 Å². The molecule has 0 spiro atoms. The maximum atomic E-state index is 12.2. The third-order valence-electron chi connectivity index (χ3n) is 4.44. The van der Waals surface area contributed by atoms with Crippen molar-refractivity contribution in [1.29, 1.82) is 0 Å². The van der Waals surface area contributed by atoms with Gasteiger partial charge in [-0.05, 0) is 53.1 Å². The largest absolute Gasteiger partial charge is 0.391 e. The van der Waals surface area contributed by atoms with Crippen LogP contribution in [0.25, 0.3) is 5.69 Å². The Hall–Kier alpha value is -2.64. The number of tetrazole rings is 1. The van der Waals surface area contributed by atoms with Gasteiger partial charge in [0.05, 0.1) is 11.4 Å². The Balaban J connectivity index is 1.61. The van der Waals surface area contributed by atoms with E-state index in [1.807, 2.05) is 18.2 Å². The summed E-state index contributed by atoms with van der Waals surface area (Å²) in [5, 5.41) is 13.0. The zero-order chi connectivity index (χ0) is 19.0. The summed E-state index contributed by atoms with van der Waals surface area (Å²) in [6.07, 6.45) is 1.69. The number of fused-ring (bicyclic) bond motifs is 1. The molecule has 4 rings (SSSR count). The number of nitrogens with zero attached hydrogens (tertiary/aromatic N) is 5. The quantitative estimate of drug-likeness (QED) is 0.627. The van der Waals surface area contributed by atoms with Crippen LogP contribution in [0.1, 0.15) is 23.1 Å². The Morgan fingerprint density at radius 2 is 2.04 bits per heavy atom. The van der Waals surface area contributed by atoms with Gasteiger partial charge >= 0.3 is 5.69 Å².